The van der Waals surface area contributed by atoms with Crippen LogP contribution in [0.25, 0.3) is 5.70 Å². The Morgan fingerprint density at radius 3 is 2.58 bits per heavy atom. The minimum atomic E-state index is -1.36. The van der Waals surface area contributed by atoms with Crippen molar-refractivity contribution in [1.82, 2.24) is 4.98 Å². The molecule has 4 nitrogen and oxygen atoms in total. The lowest BCUT2D eigenvalue weighted by molar-refractivity contribution is 0.0992. The average Bonchev–Trinajstić information content (AvgIpc) is 3.09. The van der Waals surface area contributed by atoms with Gasteiger partial charge in [-0.25, -0.2) is 4.39 Å². The monoisotopic (exact) mass is 388 g/mol. The summed E-state index contributed by atoms with van der Waals surface area (Å²) in [5, 5.41) is 10.8. The molecular weight excluding hydrogens is 375 g/mol. The molecule has 2 heterocycles. The number of Topliss-reactive ketones (excluding diaryl/α,β-unsaturated/α-hetero) is 1. The number of ketones is 1. The second-order valence-corrected chi connectivity index (χ2v) is 7.14. The molecule has 0 bridgehead atoms. The molecule has 0 saturated heterocycles. The summed E-state index contributed by atoms with van der Waals surface area (Å²) >= 11 is 6.97. The van der Waals surface area contributed by atoms with Gasteiger partial charge < -0.3 is 10.8 Å². The predicted octanol–water partition coefficient (Wildman–Crippen LogP) is 4.22. The van der Waals surface area contributed by atoms with Gasteiger partial charge in [-0.1, -0.05) is 29.8 Å². The molecule has 3 rings (SSSR count). The van der Waals surface area contributed by atoms with Gasteiger partial charge in [0.1, 0.15) is 11.9 Å². The van der Waals surface area contributed by atoms with E-state index in [1.807, 2.05) is 0 Å². The Labute approximate surface area is 158 Å². The Bertz CT molecular complexity index is 972. The van der Waals surface area contributed by atoms with Crippen molar-refractivity contribution in [2.24, 2.45) is 5.73 Å². The van der Waals surface area contributed by atoms with E-state index in [9.17, 15) is 14.3 Å². The third-order valence-electron chi connectivity index (χ3n) is 3.77. The maximum absolute atomic E-state index is 14.2. The van der Waals surface area contributed by atoms with Gasteiger partial charge in [-0.05, 0) is 30.3 Å². The van der Waals surface area contributed by atoms with Crippen LogP contribution in [0.1, 0.15) is 26.9 Å². The standard InChI is InChI=1S/C19H14ClFN2O2S/c20-15-8-7-14(26-15)19(25)16(18(24)11-4-3-9-23-10-11)17(22)12-5-1-2-6-13(12)21/h1-10,18,24H,22H2. The van der Waals surface area contributed by atoms with E-state index in [1.54, 1.807) is 36.5 Å². The summed E-state index contributed by atoms with van der Waals surface area (Å²) in [6.07, 6.45) is 1.60. The number of thiophene rings is 1. The summed E-state index contributed by atoms with van der Waals surface area (Å²) in [5.74, 6) is -1.10. The third kappa shape index (κ3) is 3.67. The van der Waals surface area contributed by atoms with Crippen LogP contribution in [0.15, 0.2) is 66.5 Å². The Kier molecular flexibility index (Phi) is 5.46. The van der Waals surface area contributed by atoms with Crippen molar-refractivity contribution >= 4 is 34.4 Å². The van der Waals surface area contributed by atoms with Crippen LogP contribution in [-0.4, -0.2) is 15.9 Å². The van der Waals surface area contributed by atoms with Gasteiger partial charge in [0.15, 0.2) is 0 Å². The van der Waals surface area contributed by atoms with Gasteiger partial charge in [0.25, 0.3) is 0 Å². The first-order chi connectivity index (χ1) is 12.5. The van der Waals surface area contributed by atoms with E-state index in [2.05, 4.69) is 4.98 Å². The van der Waals surface area contributed by atoms with Crippen molar-refractivity contribution in [3.8, 4) is 0 Å². The van der Waals surface area contributed by atoms with Crippen LogP contribution in [0, 0.1) is 5.82 Å². The minimum absolute atomic E-state index is 0.0430. The van der Waals surface area contributed by atoms with Crippen LogP contribution < -0.4 is 5.73 Å². The summed E-state index contributed by atoms with van der Waals surface area (Å²) in [4.78, 5) is 17.3. The zero-order valence-electron chi connectivity index (χ0n) is 13.4. The van der Waals surface area contributed by atoms with Crippen LogP contribution >= 0.6 is 22.9 Å². The second-order valence-electron chi connectivity index (χ2n) is 5.43. The van der Waals surface area contributed by atoms with Gasteiger partial charge in [0, 0.05) is 23.5 Å². The molecule has 1 unspecified atom stereocenters. The number of hydrogen-bond donors (Lipinski definition) is 2. The highest BCUT2D eigenvalue weighted by Gasteiger charge is 2.27. The van der Waals surface area contributed by atoms with E-state index < -0.39 is 17.7 Å². The zero-order chi connectivity index (χ0) is 18.7. The number of pyridine rings is 1. The topological polar surface area (TPSA) is 76.2 Å². The van der Waals surface area contributed by atoms with E-state index in [4.69, 9.17) is 17.3 Å². The normalized spacial score (nSPS) is 13.2. The van der Waals surface area contributed by atoms with Gasteiger partial charge in [-0.2, -0.15) is 0 Å². The van der Waals surface area contributed by atoms with Crippen LogP contribution in [0.5, 0.6) is 0 Å². The molecule has 3 N–H and O–H groups in total. The molecule has 0 aliphatic rings. The fourth-order valence-corrected chi connectivity index (χ4v) is 3.49. The average molecular weight is 389 g/mol. The highest BCUT2D eigenvalue weighted by atomic mass is 35.5. The summed E-state index contributed by atoms with van der Waals surface area (Å²) in [5.41, 5.74) is 6.30. The number of aliphatic hydroxyl groups is 1. The molecule has 0 aliphatic heterocycles. The van der Waals surface area contributed by atoms with Crippen LogP contribution in [-0.2, 0) is 0 Å². The highest BCUT2D eigenvalue weighted by molar-refractivity contribution is 7.18. The largest absolute Gasteiger partial charge is 0.398 e. The number of rotatable bonds is 5. The molecule has 132 valence electrons. The summed E-state index contributed by atoms with van der Waals surface area (Å²) in [6, 6.07) is 12.2. The van der Waals surface area contributed by atoms with Gasteiger partial charge >= 0.3 is 0 Å². The van der Waals surface area contributed by atoms with Crippen molar-refractivity contribution in [1.29, 1.82) is 0 Å². The smallest absolute Gasteiger partial charge is 0.204 e. The minimum Gasteiger partial charge on any atom is -0.398 e. The number of hydrogen-bond acceptors (Lipinski definition) is 5. The first-order valence-corrected chi connectivity index (χ1v) is 8.81. The molecule has 0 amide bonds. The van der Waals surface area contributed by atoms with E-state index >= 15 is 0 Å². The zero-order valence-corrected chi connectivity index (χ0v) is 15.0. The second kappa shape index (κ2) is 7.78. The summed E-state index contributed by atoms with van der Waals surface area (Å²) in [6.45, 7) is 0. The highest BCUT2D eigenvalue weighted by Crippen LogP contribution is 2.33. The molecular formula is C19H14ClFN2O2S. The summed E-state index contributed by atoms with van der Waals surface area (Å²) < 4.78 is 14.6. The van der Waals surface area contributed by atoms with Crippen LogP contribution in [0.4, 0.5) is 4.39 Å². The predicted molar refractivity (Wildman–Crippen MR) is 100 cm³/mol. The fraction of sp³-hybridized carbons (Fsp3) is 0.0526. The third-order valence-corrected chi connectivity index (χ3v) is 5.00. The van der Waals surface area contributed by atoms with E-state index in [0.717, 1.165) is 11.3 Å². The maximum atomic E-state index is 14.2. The molecule has 1 atom stereocenters. The molecule has 0 radical (unpaired) electrons. The molecule has 1 aromatic carbocycles. The number of halogens is 2. The molecule has 26 heavy (non-hydrogen) atoms. The number of aliphatic hydroxyl groups excluding tert-OH is 1. The number of carbonyl (C=O) groups excluding carboxylic acids is 1. The first-order valence-electron chi connectivity index (χ1n) is 7.61. The van der Waals surface area contributed by atoms with Gasteiger partial charge in [-0.3, -0.25) is 9.78 Å². The lowest BCUT2D eigenvalue weighted by Gasteiger charge is -2.17. The van der Waals surface area contributed by atoms with Gasteiger partial charge in [0.2, 0.25) is 5.78 Å². The quantitative estimate of drug-likeness (QED) is 0.506. The van der Waals surface area contributed by atoms with Crippen molar-refractivity contribution in [2.45, 2.75) is 6.10 Å². The van der Waals surface area contributed by atoms with Gasteiger partial charge in [0.05, 0.1) is 20.5 Å². The number of aromatic nitrogens is 1. The molecule has 7 heteroatoms. The Hall–Kier alpha value is -2.54. The molecule has 2 aromatic heterocycles. The Morgan fingerprint density at radius 1 is 1.19 bits per heavy atom. The number of nitrogens with zero attached hydrogens (tertiary/aromatic N) is 1. The molecule has 0 aliphatic carbocycles. The first kappa shape index (κ1) is 18.3. The van der Waals surface area contributed by atoms with E-state index in [1.165, 1.54) is 24.4 Å². The van der Waals surface area contributed by atoms with Crippen molar-refractivity contribution in [3.63, 3.8) is 0 Å². The van der Waals surface area contributed by atoms with E-state index in [0.29, 0.717) is 14.8 Å². The lowest BCUT2D eigenvalue weighted by atomic mass is 9.93. The molecule has 0 spiro atoms. The van der Waals surface area contributed by atoms with Crippen LogP contribution in [0.2, 0.25) is 4.34 Å². The number of carbonyl (C=O) groups is 1. The molecule has 3 aromatic rings. The van der Waals surface area contributed by atoms with Gasteiger partial charge in [-0.15, -0.1) is 11.3 Å². The molecule has 0 saturated carbocycles. The van der Waals surface area contributed by atoms with Crippen molar-refractivity contribution in [3.05, 3.63) is 92.7 Å². The number of benzene rings is 1. The Balaban J connectivity index is 2.17. The van der Waals surface area contributed by atoms with E-state index in [-0.39, 0.29) is 16.8 Å². The maximum Gasteiger partial charge on any atom is 0.204 e. The molecule has 0 fully saturated rings. The van der Waals surface area contributed by atoms with Crippen molar-refractivity contribution in [2.75, 3.05) is 0 Å². The SMILES string of the molecule is NC(=C(C(=O)c1ccc(Cl)s1)C(O)c1cccnc1)c1ccccc1F. The van der Waals surface area contributed by atoms with Crippen molar-refractivity contribution < 1.29 is 14.3 Å². The number of nitrogens with two attached hydrogens (primary N) is 1. The Morgan fingerprint density at radius 2 is 1.96 bits per heavy atom. The lowest BCUT2D eigenvalue weighted by Crippen LogP contribution is -2.17. The fourth-order valence-electron chi connectivity index (χ4n) is 2.49. The summed E-state index contributed by atoms with van der Waals surface area (Å²) in [7, 11) is 0. The van der Waals surface area contributed by atoms with Crippen LogP contribution in [0.3, 0.4) is 0 Å².